The molecule has 10 heteroatoms. The van der Waals surface area contributed by atoms with Crippen LogP contribution < -0.4 is 10.2 Å². The molecule has 0 aliphatic heterocycles. The number of ether oxygens (including phenoxy) is 1. The van der Waals surface area contributed by atoms with Gasteiger partial charge < -0.3 is 14.4 Å². The van der Waals surface area contributed by atoms with Crippen molar-refractivity contribution in [2.75, 3.05) is 6.61 Å². The summed E-state index contributed by atoms with van der Waals surface area (Å²) in [6, 6.07) is 6.17. The van der Waals surface area contributed by atoms with Crippen LogP contribution in [-0.2, 0) is 6.54 Å². The van der Waals surface area contributed by atoms with E-state index in [0.717, 1.165) is 5.56 Å². The summed E-state index contributed by atoms with van der Waals surface area (Å²) < 4.78 is 43.6. The van der Waals surface area contributed by atoms with Crippen molar-refractivity contribution in [2.24, 2.45) is 4.99 Å². The summed E-state index contributed by atoms with van der Waals surface area (Å²) in [4.78, 5) is 7.52. The lowest BCUT2D eigenvalue weighted by Crippen LogP contribution is -2.35. The number of aromatic nitrogens is 2. The van der Waals surface area contributed by atoms with E-state index in [0.29, 0.717) is 5.15 Å². The maximum Gasteiger partial charge on any atom is 0.417 e. The van der Waals surface area contributed by atoms with Gasteiger partial charge in [0.1, 0.15) is 11.8 Å². The van der Waals surface area contributed by atoms with Gasteiger partial charge in [0.05, 0.1) is 6.54 Å². The number of halogens is 4. The molecule has 2 aromatic rings. The van der Waals surface area contributed by atoms with Crippen LogP contribution in [0, 0.1) is 11.5 Å². The highest BCUT2D eigenvalue weighted by Gasteiger charge is 2.38. The van der Waals surface area contributed by atoms with Crippen LogP contribution in [0.1, 0.15) is 5.56 Å². The first kappa shape index (κ1) is 18.8. The molecule has 2 rings (SSSR count). The van der Waals surface area contributed by atoms with E-state index in [1.807, 2.05) is 0 Å². The molecule has 1 unspecified atom stereocenters. The normalized spacial score (nSPS) is 13.4. The Morgan fingerprint density at radius 1 is 1.40 bits per heavy atom. The Morgan fingerprint density at radius 2 is 2.16 bits per heavy atom. The first-order chi connectivity index (χ1) is 11.8. The van der Waals surface area contributed by atoms with Crippen LogP contribution >= 0.6 is 11.6 Å². The Labute approximate surface area is 145 Å². The molecular weight excluding hydrogens is 361 g/mol. The number of aliphatic hydroxyl groups is 1. The number of hydrogen-bond donors (Lipinski definition) is 1. The van der Waals surface area contributed by atoms with E-state index >= 15 is 0 Å². The maximum atomic E-state index is 12.4. The molecule has 0 saturated carbocycles. The minimum Gasteiger partial charge on any atom is -0.487 e. The zero-order valence-corrected chi connectivity index (χ0v) is 13.4. The molecule has 2 aromatic heterocycles. The van der Waals surface area contributed by atoms with Crippen molar-refractivity contribution >= 4 is 11.6 Å². The lowest BCUT2D eigenvalue weighted by Gasteiger charge is -2.16. The highest BCUT2D eigenvalue weighted by atomic mass is 35.5. The lowest BCUT2D eigenvalue weighted by atomic mass is 10.3. The molecule has 0 amide bonds. The molecule has 2 heterocycles. The second-order valence-corrected chi connectivity index (χ2v) is 5.28. The number of nitrogens with zero attached hydrogens (tertiary/aromatic N) is 4. The molecule has 1 N–H and O–H groups in total. The summed E-state index contributed by atoms with van der Waals surface area (Å²) in [5.41, 5.74) is 0.755. The topological polar surface area (TPSA) is 83.4 Å². The van der Waals surface area contributed by atoms with Gasteiger partial charge in [0, 0.05) is 12.4 Å². The van der Waals surface area contributed by atoms with Gasteiger partial charge in [0.25, 0.3) is 0 Å². The minimum atomic E-state index is -4.80. The number of nitriles is 1. The van der Waals surface area contributed by atoms with Crippen molar-refractivity contribution in [1.82, 2.24) is 9.55 Å². The van der Waals surface area contributed by atoms with E-state index in [9.17, 15) is 13.2 Å². The number of aliphatic hydroxyl groups excluding tert-OH is 1. The van der Waals surface area contributed by atoms with Gasteiger partial charge in [0.2, 0.25) is 6.19 Å². The van der Waals surface area contributed by atoms with Crippen molar-refractivity contribution < 1.29 is 23.0 Å². The van der Waals surface area contributed by atoms with Gasteiger partial charge in [-0.25, -0.2) is 4.98 Å². The van der Waals surface area contributed by atoms with E-state index < -0.39 is 18.9 Å². The first-order valence-corrected chi connectivity index (χ1v) is 7.29. The van der Waals surface area contributed by atoms with Crippen LogP contribution in [0.25, 0.3) is 0 Å². The summed E-state index contributed by atoms with van der Waals surface area (Å²) in [6.45, 7) is -0.770. The third-order valence-corrected chi connectivity index (χ3v) is 3.30. The lowest BCUT2D eigenvalue weighted by molar-refractivity contribution is -0.210. The maximum absolute atomic E-state index is 12.4. The SMILES string of the molecule is N#CN=c1c(OCC(O)C(F)(F)F)cccn1Cc1ccc(Cl)nc1. The van der Waals surface area contributed by atoms with Gasteiger partial charge in [0.15, 0.2) is 17.3 Å². The molecule has 0 spiro atoms. The van der Waals surface area contributed by atoms with Gasteiger partial charge in [-0.2, -0.15) is 23.4 Å². The summed E-state index contributed by atoms with van der Waals surface area (Å²) in [7, 11) is 0. The van der Waals surface area contributed by atoms with Crippen LogP contribution in [0.4, 0.5) is 13.2 Å². The summed E-state index contributed by atoms with van der Waals surface area (Å²) in [6.07, 6.45) is -2.76. The van der Waals surface area contributed by atoms with E-state index in [2.05, 4.69) is 9.98 Å². The summed E-state index contributed by atoms with van der Waals surface area (Å²) in [5, 5.41) is 18.2. The fourth-order valence-corrected chi connectivity index (χ4v) is 2.00. The van der Waals surface area contributed by atoms with E-state index in [1.165, 1.54) is 22.9 Å². The van der Waals surface area contributed by atoms with Crippen molar-refractivity contribution in [3.8, 4) is 11.9 Å². The average Bonchev–Trinajstić information content (AvgIpc) is 2.56. The quantitative estimate of drug-likeness (QED) is 0.644. The van der Waals surface area contributed by atoms with Crippen LogP contribution in [-0.4, -0.2) is 33.5 Å². The summed E-state index contributed by atoms with van der Waals surface area (Å²) in [5.74, 6) is -0.0609. The van der Waals surface area contributed by atoms with Crippen LogP contribution in [0.3, 0.4) is 0 Å². The van der Waals surface area contributed by atoms with Crippen LogP contribution in [0.2, 0.25) is 5.15 Å². The highest BCUT2D eigenvalue weighted by Crippen LogP contribution is 2.20. The number of pyridine rings is 2. The predicted octanol–water partition coefficient (Wildman–Crippen LogP) is 2.27. The third kappa shape index (κ3) is 5.20. The van der Waals surface area contributed by atoms with E-state index in [4.69, 9.17) is 26.7 Å². The van der Waals surface area contributed by atoms with Gasteiger partial charge in [-0.05, 0) is 23.8 Å². The molecule has 0 fully saturated rings. The Kier molecular flexibility index (Phi) is 6.01. The van der Waals surface area contributed by atoms with E-state index in [1.54, 1.807) is 24.5 Å². The molecule has 132 valence electrons. The second kappa shape index (κ2) is 8.00. The smallest absolute Gasteiger partial charge is 0.417 e. The number of hydrogen-bond acceptors (Lipinski definition) is 5. The van der Waals surface area contributed by atoms with Crippen molar-refractivity contribution in [2.45, 2.75) is 18.8 Å². The second-order valence-electron chi connectivity index (χ2n) is 4.89. The zero-order chi connectivity index (χ0) is 18.4. The van der Waals surface area contributed by atoms with Crippen molar-refractivity contribution in [3.05, 3.63) is 52.9 Å². The molecule has 0 aliphatic rings. The van der Waals surface area contributed by atoms with Crippen LogP contribution in [0.5, 0.6) is 5.75 Å². The predicted molar refractivity (Wildman–Crippen MR) is 81.5 cm³/mol. The molecule has 0 aliphatic carbocycles. The minimum absolute atomic E-state index is 0.0225. The first-order valence-electron chi connectivity index (χ1n) is 6.91. The van der Waals surface area contributed by atoms with Crippen molar-refractivity contribution in [1.29, 1.82) is 5.26 Å². The molecule has 0 bridgehead atoms. The fraction of sp³-hybridized carbons (Fsp3) is 0.267. The van der Waals surface area contributed by atoms with Crippen LogP contribution in [0.15, 0.2) is 41.7 Å². The Balaban J connectivity index is 2.28. The number of rotatable bonds is 5. The number of alkyl halides is 3. The van der Waals surface area contributed by atoms with Gasteiger partial charge in [-0.15, -0.1) is 0 Å². The Hall–Kier alpha value is -2.57. The highest BCUT2D eigenvalue weighted by molar-refractivity contribution is 6.29. The van der Waals surface area contributed by atoms with Gasteiger partial charge in [-0.3, -0.25) is 0 Å². The Morgan fingerprint density at radius 3 is 2.76 bits per heavy atom. The molecule has 25 heavy (non-hydrogen) atoms. The average molecular weight is 373 g/mol. The largest absolute Gasteiger partial charge is 0.487 e. The molecule has 0 saturated heterocycles. The molecular formula is C15H12ClF3N4O2. The van der Waals surface area contributed by atoms with Gasteiger partial charge >= 0.3 is 6.18 Å². The van der Waals surface area contributed by atoms with Gasteiger partial charge in [-0.1, -0.05) is 17.7 Å². The zero-order valence-electron chi connectivity index (χ0n) is 12.6. The standard InChI is InChI=1S/C15H12ClF3N4O2/c16-13-4-3-10(6-21-13)7-23-5-1-2-11(14(23)22-9-20)25-8-12(24)15(17,18)19/h1-6,12,24H,7-8H2. The van der Waals surface area contributed by atoms with Crippen molar-refractivity contribution in [3.63, 3.8) is 0 Å². The monoisotopic (exact) mass is 372 g/mol. The molecule has 1 atom stereocenters. The molecule has 0 aromatic carbocycles. The fourth-order valence-electron chi connectivity index (χ4n) is 1.89. The summed E-state index contributed by atoms with van der Waals surface area (Å²) >= 11 is 5.71. The third-order valence-electron chi connectivity index (χ3n) is 3.08. The van der Waals surface area contributed by atoms with E-state index in [-0.39, 0.29) is 17.8 Å². The Bertz CT molecular complexity index is 828. The molecule has 0 radical (unpaired) electrons. The molecule has 6 nitrogen and oxygen atoms in total.